The number of rotatable bonds is 5. The number of nitrogens with one attached hydrogen (secondary N) is 1. The van der Waals surface area contributed by atoms with Crippen molar-refractivity contribution in [2.75, 3.05) is 6.54 Å². The summed E-state index contributed by atoms with van der Waals surface area (Å²) in [6.45, 7) is 2.20. The standard InChI is InChI=1S/C5H12Cl2NP/c1-2-3-4-5-8-9(6)7/h8H,2-5H2,1H3. The van der Waals surface area contributed by atoms with Crippen LogP contribution < -0.4 is 5.09 Å². The molecule has 0 amide bonds. The summed E-state index contributed by atoms with van der Waals surface area (Å²) in [4.78, 5) is 0. The lowest BCUT2D eigenvalue weighted by molar-refractivity contribution is 0.708. The fourth-order valence-corrected chi connectivity index (χ4v) is 1.37. The number of halogens is 2. The Morgan fingerprint density at radius 2 is 2.00 bits per heavy atom. The minimum Gasteiger partial charge on any atom is -0.271 e. The Bertz CT molecular complexity index is 60.9. The van der Waals surface area contributed by atoms with E-state index in [4.69, 9.17) is 22.5 Å². The zero-order chi connectivity index (χ0) is 7.11. The Kier molecular flexibility index (Phi) is 7.84. The molecule has 0 saturated carbocycles. The van der Waals surface area contributed by atoms with Crippen molar-refractivity contribution in [1.29, 1.82) is 0 Å². The summed E-state index contributed by atoms with van der Waals surface area (Å²) in [7, 11) is 0. The fourth-order valence-electron chi connectivity index (χ4n) is 0.539. The fraction of sp³-hybridized carbons (Fsp3) is 1.00. The van der Waals surface area contributed by atoms with E-state index in [1.807, 2.05) is 0 Å². The van der Waals surface area contributed by atoms with Gasteiger partial charge in [-0.2, -0.15) is 0 Å². The van der Waals surface area contributed by atoms with E-state index >= 15 is 0 Å². The van der Waals surface area contributed by atoms with Crippen molar-refractivity contribution in [3.63, 3.8) is 0 Å². The lowest BCUT2D eigenvalue weighted by Crippen LogP contribution is -2.03. The van der Waals surface area contributed by atoms with Gasteiger partial charge in [-0.25, -0.2) is 0 Å². The molecule has 1 nitrogen and oxygen atoms in total. The molecule has 1 N–H and O–H groups in total. The van der Waals surface area contributed by atoms with Gasteiger partial charge in [0.15, 0.2) is 6.78 Å². The van der Waals surface area contributed by atoms with E-state index in [9.17, 15) is 0 Å². The van der Waals surface area contributed by atoms with Crippen molar-refractivity contribution in [2.24, 2.45) is 0 Å². The molecule has 0 saturated heterocycles. The first-order chi connectivity index (χ1) is 4.27. The molecule has 0 unspecified atom stereocenters. The Hall–Kier alpha value is 0.970. The molecular weight excluding hydrogens is 176 g/mol. The largest absolute Gasteiger partial charge is 0.271 e. The van der Waals surface area contributed by atoms with Crippen LogP contribution in [0.3, 0.4) is 0 Å². The lowest BCUT2D eigenvalue weighted by Gasteiger charge is -2.01. The van der Waals surface area contributed by atoms with Gasteiger partial charge in [-0.15, -0.1) is 0 Å². The molecule has 0 aromatic rings. The highest BCUT2D eigenvalue weighted by Gasteiger charge is 1.94. The number of hydrogen-bond acceptors (Lipinski definition) is 1. The van der Waals surface area contributed by atoms with Crippen molar-refractivity contribution in [1.82, 2.24) is 5.09 Å². The molecule has 0 radical (unpaired) electrons. The Balaban J connectivity index is 2.75. The van der Waals surface area contributed by atoms with Gasteiger partial charge in [-0.3, -0.25) is 5.09 Å². The summed E-state index contributed by atoms with van der Waals surface area (Å²) >= 11 is 11.0. The van der Waals surface area contributed by atoms with Crippen LogP contribution in [0.4, 0.5) is 0 Å². The average molecular weight is 188 g/mol. The Morgan fingerprint density at radius 1 is 1.33 bits per heavy atom. The summed E-state index contributed by atoms with van der Waals surface area (Å²) in [6, 6.07) is 0. The van der Waals surface area contributed by atoms with Gasteiger partial charge >= 0.3 is 0 Å². The summed E-state index contributed by atoms with van der Waals surface area (Å²) in [6.07, 6.45) is 3.67. The van der Waals surface area contributed by atoms with Gasteiger partial charge in [0.2, 0.25) is 0 Å². The molecule has 0 aliphatic rings. The summed E-state index contributed by atoms with van der Waals surface area (Å²) in [5, 5.41) is 2.98. The van der Waals surface area contributed by atoms with E-state index in [1.54, 1.807) is 0 Å². The SMILES string of the molecule is CCCCCNP(Cl)Cl. The summed E-state index contributed by atoms with van der Waals surface area (Å²) in [5.41, 5.74) is 0. The third-order valence-corrected chi connectivity index (χ3v) is 2.19. The van der Waals surface area contributed by atoms with Crippen molar-refractivity contribution >= 4 is 29.3 Å². The van der Waals surface area contributed by atoms with Gasteiger partial charge in [-0.1, -0.05) is 42.2 Å². The van der Waals surface area contributed by atoms with Gasteiger partial charge < -0.3 is 0 Å². The first-order valence-electron chi connectivity index (χ1n) is 3.12. The molecule has 0 atom stereocenters. The maximum absolute atomic E-state index is 5.48. The molecule has 0 fully saturated rings. The van der Waals surface area contributed by atoms with Gasteiger partial charge in [0.05, 0.1) is 0 Å². The third-order valence-electron chi connectivity index (χ3n) is 1.01. The zero-order valence-corrected chi connectivity index (χ0v) is 7.94. The van der Waals surface area contributed by atoms with E-state index in [-0.39, 0.29) is 0 Å². The van der Waals surface area contributed by atoms with Gasteiger partial charge in [-0.05, 0) is 6.42 Å². The smallest absolute Gasteiger partial charge is 0.157 e. The molecule has 0 spiro atoms. The third kappa shape index (κ3) is 8.97. The zero-order valence-electron chi connectivity index (χ0n) is 5.53. The first-order valence-corrected chi connectivity index (χ1v) is 6.27. The van der Waals surface area contributed by atoms with Crippen molar-refractivity contribution in [3.8, 4) is 0 Å². The highest BCUT2D eigenvalue weighted by molar-refractivity contribution is 8.02. The molecule has 0 aliphatic carbocycles. The summed E-state index contributed by atoms with van der Waals surface area (Å²) < 4.78 is 0. The van der Waals surface area contributed by atoms with Crippen molar-refractivity contribution in [2.45, 2.75) is 26.2 Å². The van der Waals surface area contributed by atoms with E-state index in [0.717, 1.165) is 6.54 Å². The minimum atomic E-state index is -0.923. The molecule has 56 valence electrons. The van der Waals surface area contributed by atoms with Crippen LogP contribution in [0, 0.1) is 0 Å². The van der Waals surface area contributed by atoms with Crippen LogP contribution >= 0.6 is 29.3 Å². The monoisotopic (exact) mass is 187 g/mol. The topological polar surface area (TPSA) is 12.0 Å². The Morgan fingerprint density at radius 3 is 2.44 bits per heavy atom. The van der Waals surface area contributed by atoms with Crippen LogP contribution in [0.15, 0.2) is 0 Å². The summed E-state index contributed by atoms with van der Waals surface area (Å²) in [5.74, 6) is 0. The predicted octanol–water partition coefficient (Wildman–Crippen LogP) is 3.47. The normalized spacial score (nSPS) is 10.7. The average Bonchev–Trinajstić information content (AvgIpc) is 1.80. The number of unbranched alkanes of at least 4 members (excludes halogenated alkanes) is 2. The molecule has 0 aliphatic heterocycles. The molecule has 0 bridgehead atoms. The van der Waals surface area contributed by atoms with E-state index < -0.39 is 6.78 Å². The van der Waals surface area contributed by atoms with Crippen molar-refractivity contribution in [3.05, 3.63) is 0 Å². The van der Waals surface area contributed by atoms with Gasteiger partial charge in [0.1, 0.15) is 0 Å². The Labute approximate surface area is 67.5 Å². The van der Waals surface area contributed by atoms with Crippen LogP contribution in [0.25, 0.3) is 0 Å². The van der Waals surface area contributed by atoms with E-state index in [0.29, 0.717) is 0 Å². The predicted molar refractivity (Wildman–Crippen MR) is 46.2 cm³/mol. The van der Waals surface area contributed by atoms with Crippen LogP contribution in [-0.4, -0.2) is 6.54 Å². The van der Waals surface area contributed by atoms with Gasteiger partial charge in [0.25, 0.3) is 0 Å². The molecule has 4 heteroatoms. The highest BCUT2D eigenvalue weighted by atomic mass is 35.9. The van der Waals surface area contributed by atoms with Crippen molar-refractivity contribution < 1.29 is 0 Å². The molecule has 0 heterocycles. The van der Waals surface area contributed by atoms with Gasteiger partial charge in [0, 0.05) is 6.54 Å². The van der Waals surface area contributed by atoms with Crippen LogP contribution in [0.5, 0.6) is 0 Å². The van der Waals surface area contributed by atoms with E-state index in [2.05, 4.69) is 12.0 Å². The van der Waals surface area contributed by atoms with Crippen LogP contribution in [0.1, 0.15) is 26.2 Å². The lowest BCUT2D eigenvalue weighted by atomic mass is 10.3. The second kappa shape index (κ2) is 7.08. The maximum atomic E-state index is 5.48. The highest BCUT2D eigenvalue weighted by Crippen LogP contribution is 2.41. The van der Waals surface area contributed by atoms with Crippen LogP contribution in [0.2, 0.25) is 0 Å². The molecule has 0 aromatic carbocycles. The minimum absolute atomic E-state index is 0.923. The second-order valence-corrected chi connectivity index (χ2v) is 5.18. The first kappa shape index (κ1) is 9.97. The molecule has 0 rings (SSSR count). The molecule has 9 heavy (non-hydrogen) atoms. The maximum Gasteiger partial charge on any atom is 0.157 e. The molecule has 0 aromatic heterocycles. The van der Waals surface area contributed by atoms with E-state index in [1.165, 1.54) is 19.3 Å². The number of hydrogen-bond donors (Lipinski definition) is 1. The molecular formula is C5H12Cl2NP. The second-order valence-electron chi connectivity index (χ2n) is 1.85. The quantitative estimate of drug-likeness (QED) is 0.514. The van der Waals surface area contributed by atoms with Crippen LogP contribution in [-0.2, 0) is 0 Å².